The number of fused-ring (bicyclic) bond motifs is 1. The first-order chi connectivity index (χ1) is 15.3. The molecule has 0 fully saturated rings. The largest absolute Gasteiger partial charge is 0.472 e. The fourth-order valence-corrected chi connectivity index (χ4v) is 3.58. The number of amides is 2. The number of anilines is 2. The molecular weight excluding hydrogens is 425 g/mol. The van der Waals surface area contributed by atoms with Gasteiger partial charge in [0.25, 0.3) is 5.91 Å². The zero-order chi connectivity index (χ0) is 22.7. The second-order valence-corrected chi connectivity index (χ2v) is 7.28. The second kappa shape index (κ2) is 8.88. The summed E-state index contributed by atoms with van der Waals surface area (Å²) in [6.45, 7) is 0.438. The van der Waals surface area contributed by atoms with E-state index in [9.17, 15) is 22.8 Å². The second-order valence-electron chi connectivity index (χ2n) is 7.28. The molecule has 3 aromatic rings. The highest BCUT2D eigenvalue weighted by atomic mass is 19.4. The van der Waals surface area contributed by atoms with Gasteiger partial charge in [0.2, 0.25) is 5.91 Å². The lowest BCUT2D eigenvalue weighted by Crippen LogP contribution is -2.23. The summed E-state index contributed by atoms with van der Waals surface area (Å²) in [6, 6.07) is 12.1. The summed E-state index contributed by atoms with van der Waals surface area (Å²) in [5.74, 6) is -1.22. The third-order valence-corrected chi connectivity index (χ3v) is 5.10. The normalized spacial score (nSPS) is 15.7. The van der Waals surface area contributed by atoms with Crippen LogP contribution >= 0.6 is 0 Å². The molecule has 2 aromatic carbocycles. The standard InChI is InChI=1S/C23H19F3N2O4/c24-23(25,26)18-11-16(27-22(30)15-7-9-31-13-15)5-6-19(18)28-21(29)12-20-17-4-2-1-3-14(17)8-10-32-20/h1-7,9,11,13,20H,8,10,12H2,(H,27,30)(H,28,29). The number of carbonyl (C=O) groups excluding carboxylic acids is 2. The van der Waals surface area contributed by atoms with Gasteiger partial charge in [-0.3, -0.25) is 9.59 Å². The molecule has 0 saturated heterocycles. The van der Waals surface area contributed by atoms with Gasteiger partial charge >= 0.3 is 6.18 Å². The van der Waals surface area contributed by atoms with Gasteiger partial charge in [-0.05, 0) is 41.8 Å². The SMILES string of the molecule is O=C(CC1OCCc2ccccc21)Nc1ccc(NC(=O)c2ccoc2)cc1C(F)(F)F. The molecule has 32 heavy (non-hydrogen) atoms. The van der Waals surface area contributed by atoms with Crippen molar-refractivity contribution in [2.24, 2.45) is 0 Å². The molecule has 166 valence electrons. The molecule has 0 spiro atoms. The van der Waals surface area contributed by atoms with Gasteiger partial charge in [-0.2, -0.15) is 13.2 Å². The average Bonchev–Trinajstić information content (AvgIpc) is 3.29. The van der Waals surface area contributed by atoms with E-state index in [1.807, 2.05) is 24.3 Å². The molecule has 1 aromatic heterocycles. The summed E-state index contributed by atoms with van der Waals surface area (Å²) in [4.78, 5) is 24.6. The zero-order valence-electron chi connectivity index (χ0n) is 16.7. The molecule has 0 saturated carbocycles. The van der Waals surface area contributed by atoms with Crippen molar-refractivity contribution in [2.45, 2.75) is 25.1 Å². The number of furan rings is 1. The van der Waals surface area contributed by atoms with Crippen LogP contribution in [0, 0.1) is 0 Å². The lowest BCUT2D eigenvalue weighted by atomic mass is 9.95. The zero-order valence-corrected chi connectivity index (χ0v) is 16.7. The Labute approximate surface area is 181 Å². The van der Waals surface area contributed by atoms with Crippen molar-refractivity contribution in [1.29, 1.82) is 0 Å². The molecule has 4 rings (SSSR count). The van der Waals surface area contributed by atoms with Gasteiger partial charge in [-0.1, -0.05) is 24.3 Å². The van der Waals surface area contributed by atoms with E-state index in [2.05, 4.69) is 10.6 Å². The Bertz CT molecular complexity index is 1130. The van der Waals surface area contributed by atoms with Crippen LogP contribution in [0.4, 0.5) is 24.5 Å². The van der Waals surface area contributed by atoms with Crippen LogP contribution in [0.2, 0.25) is 0 Å². The lowest BCUT2D eigenvalue weighted by molar-refractivity contribution is -0.136. The first-order valence-corrected chi connectivity index (χ1v) is 9.85. The van der Waals surface area contributed by atoms with Crippen LogP contribution in [0.15, 0.2) is 65.5 Å². The van der Waals surface area contributed by atoms with Crippen LogP contribution in [-0.4, -0.2) is 18.4 Å². The molecule has 2 N–H and O–H groups in total. The van der Waals surface area contributed by atoms with Crippen LogP contribution in [0.3, 0.4) is 0 Å². The molecule has 0 bridgehead atoms. The summed E-state index contributed by atoms with van der Waals surface area (Å²) in [5, 5.41) is 4.72. The molecule has 2 amide bonds. The van der Waals surface area contributed by atoms with E-state index in [4.69, 9.17) is 9.15 Å². The summed E-state index contributed by atoms with van der Waals surface area (Å²) in [5.41, 5.74) is 0.566. The number of carbonyl (C=O) groups is 2. The number of hydrogen-bond donors (Lipinski definition) is 2. The number of rotatable bonds is 5. The van der Waals surface area contributed by atoms with E-state index >= 15 is 0 Å². The number of alkyl halides is 3. The average molecular weight is 444 g/mol. The highest BCUT2D eigenvalue weighted by Crippen LogP contribution is 2.37. The van der Waals surface area contributed by atoms with Crippen molar-refractivity contribution in [3.63, 3.8) is 0 Å². The quantitative estimate of drug-likeness (QED) is 0.567. The van der Waals surface area contributed by atoms with Crippen molar-refractivity contribution >= 4 is 23.2 Å². The van der Waals surface area contributed by atoms with Gasteiger partial charge in [-0.15, -0.1) is 0 Å². The monoisotopic (exact) mass is 444 g/mol. The minimum atomic E-state index is -4.74. The molecule has 2 heterocycles. The number of ether oxygens (including phenoxy) is 1. The maximum absolute atomic E-state index is 13.6. The molecule has 0 radical (unpaired) electrons. The van der Waals surface area contributed by atoms with E-state index in [1.54, 1.807) is 0 Å². The predicted molar refractivity (Wildman–Crippen MR) is 110 cm³/mol. The number of hydrogen-bond acceptors (Lipinski definition) is 4. The number of halogens is 3. The molecule has 9 heteroatoms. The van der Waals surface area contributed by atoms with Crippen LogP contribution in [0.5, 0.6) is 0 Å². The van der Waals surface area contributed by atoms with Crippen molar-refractivity contribution in [3.05, 3.63) is 83.3 Å². The molecule has 6 nitrogen and oxygen atoms in total. The molecule has 1 unspecified atom stereocenters. The smallest absolute Gasteiger partial charge is 0.418 e. The molecule has 1 aliphatic rings. The fourth-order valence-electron chi connectivity index (χ4n) is 3.58. The minimum absolute atomic E-state index is 0.0638. The van der Waals surface area contributed by atoms with E-state index < -0.39 is 35.3 Å². The first kappa shape index (κ1) is 21.6. The van der Waals surface area contributed by atoms with Gasteiger partial charge in [0.1, 0.15) is 6.26 Å². The van der Waals surface area contributed by atoms with E-state index in [1.165, 1.54) is 24.7 Å². The number of benzene rings is 2. The highest BCUT2D eigenvalue weighted by Gasteiger charge is 2.35. The highest BCUT2D eigenvalue weighted by molar-refractivity contribution is 6.04. The van der Waals surface area contributed by atoms with E-state index in [0.29, 0.717) is 6.61 Å². The molecule has 0 aliphatic carbocycles. The van der Waals surface area contributed by atoms with Gasteiger partial charge < -0.3 is 19.8 Å². The van der Waals surface area contributed by atoms with Gasteiger partial charge in [0.05, 0.1) is 42.2 Å². The Hall–Kier alpha value is -3.59. The van der Waals surface area contributed by atoms with Crippen molar-refractivity contribution in [2.75, 3.05) is 17.2 Å². The van der Waals surface area contributed by atoms with Crippen LogP contribution in [-0.2, 0) is 22.1 Å². The Kier molecular flexibility index (Phi) is 6.00. The topological polar surface area (TPSA) is 80.6 Å². The first-order valence-electron chi connectivity index (χ1n) is 9.85. The maximum Gasteiger partial charge on any atom is 0.418 e. The maximum atomic E-state index is 13.6. The van der Waals surface area contributed by atoms with Gasteiger partial charge in [-0.25, -0.2) is 0 Å². The third-order valence-electron chi connectivity index (χ3n) is 5.10. The molecular formula is C23H19F3N2O4. The summed E-state index contributed by atoms with van der Waals surface area (Å²) < 4.78 is 51.4. The third kappa shape index (κ3) is 4.83. The minimum Gasteiger partial charge on any atom is -0.472 e. The lowest BCUT2D eigenvalue weighted by Gasteiger charge is -2.26. The van der Waals surface area contributed by atoms with Gasteiger partial charge in [0.15, 0.2) is 0 Å². The van der Waals surface area contributed by atoms with Crippen LogP contribution in [0.25, 0.3) is 0 Å². The predicted octanol–water partition coefficient (Wildman–Crippen LogP) is 5.19. The van der Waals surface area contributed by atoms with Gasteiger partial charge in [0, 0.05) is 5.69 Å². The van der Waals surface area contributed by atoms with Crippen molar-refractivity contribution in [3.8, 4) is 0 Å². The van der Waals surface area contributed by atoms with Crippen LogP contribution in [0.1, 0.15) is 39.6 Å². The van der Waals surface area contributed by atoms with E-state index in [0.717, 1.165) is 29.7 Å². The summed E-state index contributed by atoms with van der Waals surface area (Å²) in [6.07, 6.45) is -2.20. The summed E-state index contributed by atoms with van der Waals surface area (Å²) in [7, 11) is 0. The Morgan fingerprint density at radius 3 is 2.62 bits per heavy atom. The molecule has 1 atom stereocenters. The molecule has 1 aliphatic heterocycles. The summed E-state index contributed by atoms with van der Waals surface area (Å²) >= 11 is 0. The Morgan fingerprint density at radius 2 is 1.88 bits per heavy atom. The Morgan fingerprint density at radius 1 is 1.06 bits per heavy atom. The van der Waals surface area contributed by atoms with Crippen molar-refractivity contribution < 1.29 is 31.9 Å². The number of nitrogens with one attached hydrogen (secondary N) is 2. The van der Waals surface area contributed by atoms with E-state index in [-0.39, 0.29) is 17.7 Å². The fraction of sp³-hybridized carbons (Fsp3) is 0.217. The Balaban J connectivity index is 1.50. The van der Waals surface area contributed by atoms with Crippen LogP contribution < -0.4 is 10.6 Å². The van der Waals surface area contributed by atoms with Crippen molar-refractivity contribution in [1.82, 2.24) is 0 Å².